The number of hydrogen-bond donors (Lipinski definition) is 1. The Morgan fingerprint density at radius 2 is 1.44 bits per heavy atom. The molecular formula is C17H21N. The molecule has 0 unspecified atom stereocenters. The summed E-state index contributed by atoms with van der Waals surface area (Å²) in [5.41, 5.74) is 14.9. The molecular weight excluding hydrogens is 218 g/mol. The molecule has 0 aromatic heterocycles. The van der Waals surface area contributed by atoms with Crippen molar-refractivity contribution in [3.63, 3.8) is 0 Å². The molecule has 2 N–H and O–H groups in total. The van der Waals surface area contributed by atoms with Crippen molar-refractivity contribution in [2.24, 2.45) is 5.73 Å². The van der Waals surface area contributed by atoms with Crippen LogP contribution in [0.5, 0.6) is 0 Å². The van der Waals surface area contributed by atoms with Gasteiger partial charge in [0.25, 0.3) is 0 Å². The summed E-state index contributed by atoms with van der Waals surface area (Å²) in [5, 5.41) is 0. The topological polar surface area (TPSA) is 26.0 Å². The van der Waals surface area contributed by atoms with Gasteiger partial charge < -0.3 is 5.73 Å². The summed E-state index contributed by atoms with van der Waals surface area (Å²) in [5.74, 6) is 0. The lowest BCUT2D eigenvalue weighted by Gasteiger charge is -2.15. The van der Waals surface area contributed by atoms with E-state index in [0.29, 0.717) is 6.54 Å². The minimum atomic E-state index is 0.594. The standard InChI is InChI=1S/C17H21N/c1-11-7-13(3)17(14(4)8-11)16-9-15(10-18)6-5-12(16)2/h5-9H,10,18H2,1-4H3. The van der Waals surface area contributed by atoms with Crippen LogP contribution in [0.15, 0.2) is 30.3 Å². The molecule has 0 aliphatic rings. The zero-order valence-electron chi connectivity index (χ0n) is 11.7. The van der Waals surface area contributed by atoms with Gasteiger partial charge >= 0.3 is 0 Å². The van der Waals surface area contributed by atoms with E-state index in [2.05, 4.69) is 58.0 Å². The van der Waals surface area contributed by atoms with Crippen LogP contribution >= 0.6 is 0 Å². The molecule has 0 bridgehead atoms. The van der Waals surface area contributed by atoms with Gasteiger partial charge in [-0.15, -0.1) is 0 Å². The summed E-state index contributed by atoms with van der Waals surface area (Å²) in [6.07, 6.45) is 0. The number of hydrogen-bond acceptors (Lipinski definition) is 1. The van der Waals surface area contributed by atoms with Crippen molar-refractivity contribution >= 4 is 0 Å². The van der Waals surface area contributed by atoms with Gasteiger partial charge in [0.15, 0.2) is 0 Å². The van der Waals surface area contributed by atoms with E-state index in [-0.39, 0.29) is 0 Å². The van der Waals surface area contributed by atoms with Gasteiger partial charge in [0, 0.05) is 6.54 Å². The second-order valence-electron chi connectivity index (χ2n) is 5.13. The highest BCUT2D eigenvalue weighted by atomic mass is 14.5. The van der Waals surface area contributed by atoms with Crippen LogP contribution in [0, 0.1) is 27.7 Å². The fraction of sp³-hybridized carbons (Fsp3) is 0.294. The van der Waals surface area contributed by atoms with Gasteiger partial charge in [-0.2, -0.15) is 0 Å². The van der Waals surface area contributed by atoms with Crippen LogP contribution in [0.4, 0.5) is 0 Å². The van der Waals surface area contributed by atoms with Crippen molar-refractivity contribution in [2.75, 3.05) is 0 Å². The average Bonchev–Trinajstić information content (AvgIpc) is 2.30. The molecule has 0 saturated carbocycles. The molecule has 0 spiro atoms. The highest BCUT2D eigenvalue weighted by Crippen LogP contribution is 2.31. The number of aryl methyl sites for hydroxylation is 4. The third kappa shape index (κ3) is 2.32. The first-order chi connectivity index (χ1) is 8.52. The fourth-order valence-corrected chi connectivity index (χ4v) is 2.67. The largest absolute Gasteiger partial charge is 0.326 e. The molecule has 18 heavy (non-hydrogen) atoms. The Labute approximate surface area is 110 Å². The lowest BCUT2D eigenvalue weighted by molar-refractivity contribution is 1.07. The van der Waals surface area contributed by atoms with Crippen molar-refractivity contribution in [1.29, 1.82) is 0 Å². The molecule has 0 radical (unpaired) electrons. The molecule has 0 atom stereocenters. The molecule has 0 aliphatic carbocycles. The Balaban J connectivity index is 2.68. The molecule has 0 amide bonds. The van der Waals surface area contributed by atoms with Gasteiger partial charge in [-0.3, -0.25) is 0 Å². The first-order valence-corrected chi connectivity index (χ1v) is 6.40. The molecule has 0 saturated heterocycles. The summed E-state index contributed by atoms with van der Waals surface area (Å²) >= 11 is 0. The van der Waals surface area contributed by atoms with Crippen LogP contribution in [-0.4, -0.2) is 0 Å². The second kappa shape index (κ2) is 4.95. The smallest absolute Gasteiger partial charge is 0.0178 e. The van der Waals surface area contributed by atoms with Crippen molar-refractivity contribution in [3.8, 4) is 11.1 Å². The SMILES string of the molecule is Cc1cc(C)c(-c2cc(CN)ccc2C)c(C)c1. The molecule has 0 aliphatic heterocycles. The van der Waals surface area contributed by atoms with Gasteiger partial charge in [0.05, 0.1) is 0 Å². The number of benzene rings is 2. The summed E-state index contributed by atoms with van der Waals surface area (Å²) < 4.78 is 0. The Hall–Kier alpha value is -1.60. The molecule has 94 valence electrons. The van der Waals surface area contributed by atoms with E-state index in [1.54, 1.807) is 0 Å². The van der Waals surface area contributed by atoms with Crippen LogP contribution in [0.2, 0.25) is 0 Å². The van der Waals surface area contributed by atoms with E-state index >= 15 is 0 Å². The normalized spacial score (nSPS) is 10.7. The highest BCUT2D eigenvalue weighted by Gasteiger charge is 2.09. The minimum Gasteiger partial charge on any atom is -0.326 e. The third-order valence-electron chi connectivity index (χ3n) is 3.48. The van der Waals surface area contributed by atoms with E-state index in [4.69, 9.17) is 5.73 Å². The van der Waals surface area contributed by atoms with Crippen LogP contribution in [-0.2, 0) is 6.54 Å². The quantitative estimate of drug-likeness (QED) is 0.840. The van der Waals surface area contributed by atoms with E-state index in [9.17, 15) is 0 Å². The lowest BCUT2D eigenvalue weighted by atomic mass is 9.90. The third-order valence-corrected chi connectivity index (χ3v) is 3.48. The molecule has 2 aromatic carbocycles. The molecule has 1 heteroatoms. The molecule has 0 fully saturated rings. The van der Waals surface area contributed by atoms with Gasteiger partial charge in [0.2, 0.25) is 0 Å². The molecule has 0 heterocycles. The summed E-state index contributed by atoms with van der Waals surface area (Å²) in [6.45, 7) is 9.27. The lowest BCUT2D eigenvalue weighted by Crippen LogP contribution is -1.98. The Kier molecular flexibility index (Phi) is 3.53. The van der Waals surface area contributed by atoms with Gasteiger partial charge in [0.1, 0.15) is 0 Å². The fourth-order valence-electron chi connectivity index (χ4n) is 2.67. The number of rotatable bonds is 2. The van der Waals surface area contributed by atoms with E-state index in [0.717, 1.165) is 0 Å². The van der Waals surface area contributed by atoms with Crippen molar-refractivity contribution in [2.45, 2.75) is 34.2 Å². The van der Waals surface area contributed by atoms with Crippen LogP contribution < -0.4 is 5.73 Å². The van der Waals surface area contributed by atoms with Gasteiger partial charge in [-0.25, -0.2) is 0 Å². The van der Waals surface area contributed by atoms with Crippen molar-refractivity contribution in [1.82, 2.24) is 0 Å². The Morgan fingerprint density at radius 3 is 2.00 bits per heavy atom. The molecule has 2 rings (SSSR count). The predicted molar refractivity (Wildman–Crippen MR) is 78.7 cm³/mol. The summed E-state index contributed by atoms with van der Waals surface area (Å²) in [6, 6.07) is 11.0. The van der Waals surface area contributed by atoms with Gasteiger partial charge in [-0.05, 0) is 67.1 Å². The Morgan fingerprint density at radius 1 is 0.833 bits per heavy atom. The average molecular weight is 239 g/mol. The van der Waals surface area contributed by atoms with E-state index in [1.165, 1.54) is 38.9 Å². The maximum absolute atomic E-state index is 5.75. The summed E-state index contributed by atoms with van der Waals surface area (Å²) in [4.78, 5) is 0. The maximum Gasteiger partial charge on any atom is 0.0178 e. The first-order valence-electron chi connectivity index (χ1n) is 6.40. The number of nitrogens with two attached hydrogens (primary N) is 1. The van der Waals surface area contributed by atoms with Crippen LogP contribution in [0.3, 0.4) is 0 Å². The van der Waals surface area contributed by atoms with Gasteiger partial charge in [-0.1, -0.05) is 29.8 Å². The van der Waals surface area contributed by atoms with Crippen LogP contribution in [0.25, 0.3) is 11.1 Å². The predicted octanol–water partition coefficient (Wildman–Crippen LogP) is 4.05. The maximum atomic E-state index is 5.75. The second-order valence-corrected chi connectivity index (χ2v) is 5.13. The molecule has 2 aromatic rings. The van der Waals surface area contributed by atoms with E-state index in [1.807, 2.05) is 0 Å². The zero-order chi connectivity index (χ0) is 13.3. The zero-order valence-corrected chi connectivity index (χ0v) is 11.7. The first kappa shape index (κ1) is 12.8. The molecule has 1 nitrogen and oxygen atoms in total. The van der Waals surface area contributed by atoms with E-state index < -0.39 is 0 Å². The minimum absolute atomic E-state index is 0.594. The Bertz CT molecular complexity index is 559. The van der Waals surface area contributed by atoms with Crippen molar-refractivity contribution < 1.29 is 0 Å². The summed E-state index contributed by atoms with van der Waals surface area (Å²) in [7, 11) is 0. The van der Waals surface area contributed by atoms with Crippen molar-refractivity contribution in [3.05, 3.63) is 58.1 Å². The van der Waals surface area contributed by atoms with Crippen LogP contribution in [0.1, 0.15) is 27.8 Å². The monoisotopic (exact) mass is 239 g/mol. The highest BCUT2D eigenvalue weighted by molar-refractivity contribution is 5.74.